The molecule has 0 atom stereocenters. The van der Waals surface area contributed by atoms with Crippen LogP contribution in [0.25, 0.3) is 0 Å². The second-order valence-electron chi connectivity index (χ2n) is 4.53. The van der Waals surface area contributed by atoms with Gasteiger partial charge in [-0.3, -0.25) is 0 Å². The molecule has 0 unspecified atom stereocenters. The Hall–Kier alpha value is -2.56. The van der Waals surface area contributed by atoms with Gasteiger partial charge in [0.2, 0.25) is 0 Å². The number of hydrogen-bond donors (Lipinski definition) is 1. The number of carboxylic acid groups (broad SMARTS) is 1. The molecule has 0 aliphatic rings. The molecule has 0 aromatic heterocycles. The van der Waals surface area contributed by atoms with Crippen LogP contribution in [0.2, 0.25) is 0 Å². The van der Waals surface area contributed by atoms with E-state index in [1.165, 1.54) is 31.4 Å². The van der Waals surface area contributed by atoms with Crippen molar-refractivity contribution < 1.29 is 23.8 Å². The van der Waals surface area contributed by atoms with Crippen molar-refractivity contribution in [2.45, 2.75) is 13.5 Å². The van der Waals surface area contributed by atoms with E-state index in [0.29, 0.717) is 11.3 Å². The number of methoxy groups -OCH3 is 1. The van der Waals surface area contributed by atoms with Crippen LogP contribution in [0.4, 0.5) is 4.39 Å². The molecular formula is C16H15FO4. The molecule has 0 saturated heterocycles. The van der Waals surface area contributed by atoms with E-state index in [1.54, 1.807) is 12.1 Å². The summed E-state index contributed by atoms with van der Waals surface area (Å²) in [6, 6.07) is 8.84. The predicted molar refractivity (Wildman–Crippen MR) is 75.4 cm³/mol. The van der Waals surface area contributed by atoms with Crippen molar-refractivity contribution in [3.8, 4) is 11.5 Å². The molecule has 0 bridgehead atoms. The minimum atomic E-state index is -1.09. The topological polar surface area (TPSA) is 55.8 Å². The van der Waals surface area contributed by atoms with E-state index in [2.05, 4.69) is 0 Å². The van der Waals surface area contributed by atoms with Gasteiger partial charge in [-0.2, -0.15) is 0 Å². The average molecular weight is 290 g/mol. The second-order valence-corrected chi connectivity index (χ2v) is 4.53. The molecule has 0 radical (unpaired) electrons. The third-order valence-electron chi connectivity index (χ3n) is 3.11. The first-order valence-electron chi connectivity index (χ1n) is 6.30. The molecule has 2 aromatic rings. The lowest BCUT2D eigenvalue weighted by Crippen LogP contribution is -2.05. The Kier molecular flexibility index (Phi) is 4.42. The Balaban J connectivity index is 2.26. The number of rotatable bonds is 5. The van der Waals surface area contributed by atoms with Gasteiger partial charge < -0.3 is 14.6 Å². The number of ether oxygens (including phenoxy) is 2. The molecule has 0 fully saturated rings. The number of benzene rings is 2. The highest BCUT2D eigenvalue weighted by atomic mass is 19.1. The van der Waals surface area contributed by atoms with Crippen molar-refractivity contribution in [3.05, 3.63) is 58.9 Å². The standard InChI is InChI=1S/C16H15FO4/c1-10-3-4-12(17)7-11(10)9-21-15-8-13(20-2)5-6-14(15)16(18)19/h3-8H,9H2,1-2H3,(H,18,19). The summed E-state index contributed by atoms with van der Waals surface area (Å²) in [4.78, 5) is 11.2. The Morgan fingerprint density at radius 3 is 2.67 bits per heavy atom. The van der Waals surface area contributed by atoms with E-state index in [0.717, 1.165) is 5.56 Å². The Labute approximate surface area is 121 Å². The van der Waals surface area contributed by atoms with Crippen LogP contribution in [0.3, 0.4) is 0 Å². The van der Waals surface area contributed by atoms with Crippen LogP contribution in [0.5, 0.6) is 11.5 Å². The third kappa shape index (κ3) is 3.51. The third-order valence-corrected chi connectivity index (χ3v) is 3.11. The number of aromatic carboxylic acids is 1. The van der Waals surface area contributed by atoms with E-state index in [9.17, 15) is 9.18 Å². The van der Waals surface area contributed by atoms with Crippen LogP contribution < -0.4 is 9.47 Å². The Bertz CT molecular complexity index is 667. The molecule has 2 aromatic carbocycles. The highest BCUT2D eigenvalue weighted by Gasteiger charge is 2.13. The minimum Gasteiger partial charge on any atom is -0.497 e. The monoisotopic (exact) mass is 290 g/mol. The highest BCUT2D eigenvalue weighted by Crippen LogP contribution is 2.26. The highest BCUT2D eigenvalue weighted by molar-refractivity contribution is 5.91. The molecule has 110 valence electrons. The van der Waals surface area contributed by atoms with E-state index in [-0.39, 0.29) is 23.7 Å². The van der Waals surface area contributed by atoms with Crippen LogP contribution in [0.15, 0.2) is 36.4 Å². The van der Waals surface area contributed by atoms with Crippen LogP contribution in [-0.4, -0.2) is 18.2 Å². The van der Waals surface area contributed by atoms with Crippen molar-refractivity contribution in [2.75, 3.05) is 7.11 Å². The van der Waals surface area contributed by atoms with Crippen molar-refractivity contribution in [1.29, 1.82) is 0 Å². The van der Waals surface area contributed by atoms with Crippen LogP contribution in [0, 0.1) is 12.7 Å². The van der Waals surface area contributed by atoms with Crippen LogP contribution in [-0.2, 0) is 6.61 Å². The van der Waals surface area contributed by atoms with Gasteiger partial charge in [0.25, 0.3) is 0 Å². The SMILES string of the molecule is COc1ccc(C(=O)O)c(OCc2cc(F)ccc2C)c1. The van der Waals surface area contributed by atoms with Gasteiger partial charge in [-0.1, -0.05) is 6.07 Å². The first-order valence-corrected chi connectivity index (χ1v) is 6.30. The first-order chi connectivity index (χ1) is 10.0. The molecule has 2 rings (SSSR count). The van der Waals surface area contributed by atoms with Crippen LogP contribution >= 0.6 is 0 Å². The molecule has 0 amide bonds. The molecule has 0 spiro atoms. The van der Waals surface area contributed by atoms with Crippen molar-refractivity contribution in [2.24, 2.45) is 0 Å². The average Bonchev–Trinajstić information content (AvgIpc) is 2.47. The number of aryl methyl sites for hydroxylation is 1. The first kappa shape index (κ1) is 14.8. The Morgan fingerprint density at radius 1 is 1.24 bits per heavy atom. The van der Waals surface area contributed by atoms with Crippen molar-refractivity contribution >= 4 is 5.97 Å². The fraction of sp³-hybridized carbons (Fsp3) is 0.188. The van der Waals surface area contributed by atoms with Gasteiger partial charge in [0.1, 0.15) is 29.5 Å². The molecule has 5 heteroatoms. The maximum atomic E-state index is 13.2. The van der Waals surface area contributed by atoms with E-state index in [4.69, 9.17) is 14.6 Å². The maximum Gasteiger partial charge on any atom is 0.339 e. The molecule has 1 N–H and O–H groups in total. The zero-order valence-corrected chi connectivity index (χ0v) is 11.7. The van der Waals surface area contributed by atoms with Gasteiger partial charge in [0.05, 0.1) is 7.11 Å². The zero-order valence-electron chi connectivity index (χ0n) is 11.7. The van der Waals surface area contributed by atoms with Gasteiger partial charge in [-0.25, -0.2) is 9.18 Å². The van der Waals surface area contributed by atoms with E-state index < -0.39 is 5.97 Å². The lowest BCUT2D eigenvalue weighted by atomic mass is 10.1. The summed E-state index contributed by atoms with van der Waals surface area (Å²) in [6.07, 6.45) is 0. The van der Waals surface area contributed by atoms with Crippen LogP contribution in [0.1, 0.15) is 21.5 Å². The lowest BCUT2D eigenvalue weighted by molar-refractivity contribution is 0.0691. The van der Waals surface area contributed by atoms with E-state index >= 15 is 0 Å². The summed E-state index contributed by atoms with van der Waals surface area (Å²) in [7, 11) is 1.48. The number of hydrogen-bond acceptors (Lipinski definition) is 3. The number of carboxylic acids is 1. The minimum absolute atomic E-state index is 0.0323. The smallest absolute Gasteiger partial charge is 0.339 e. The summed E-state index contributed by atoms with van der Waals surface area (Å²) in [5.41, 5.74) is 1.56. The molecule has 21 heavy (non-hydrogen) atoms. The lowest BCUT2D eigenvalue weighted by Gasteiger charge is -2.12. The largest absolute Gasteiger partial charge is 0.497 e. The molecule has 0 saturated carbocycles. The Morgan fingerprint density at radius 2 is 2.00 bits per heavy atom. The van der Waals surface area contributed by atoms with Gasteiger partial charge >= 0.3 is 5.97 Å². The molecule has 0 heterocycles. The molecular weight excluding hydrogens is 275 g/mol. The summed E-state index contributed by atoms with van der Waals surface area (Å²) < 4.78 is 23.8. The molecule has 0 aliphatic heterocycles. The van der Waals surface area contributed by atoms with Gasteiger partial charge in [0, 0.05) is 6.07 Å². The predicted octanol–water partition coefficient (Wildman–Crippen LogP) is 3.42. The zero-order chi connectivity index (χ0) is 15.4. The molecule has 0 aliphatic carbocycles. The number of carbonyl (C=O) groups is 1. The maximum absolute atomic E-state index is 13.2. The fourth-order valence-corrected chi connectivity index (χ4v) is 1.88. The summed E-state index contributed by atoms with van der Waals surface area (Å²) in [6.45, 7) is 1.92. The van der Waals surface area contributed by atoms with Gasteiger partial charge in [0.15, 0.2) is 0 Å². The van der Waals surface area contributed by atoms with Crippen molar-refractivity contribution in [1.82, 2.24) is 0 Å². The summed E-state index contributed by atoms with van der Waals surface area (Å²) in [5, 5.41) is 9.14. The van der Waals surface area contributed by atoms with Crippen molar-refractivity contribution in [3.63, 3.8) is 0 Å². The molecule has 4 nitrogen and oxygen atoms in total. The summed E-state index contributed by atoms with van der Waals surface area (Å²) >= 11 is 0. The van der Waals surface area contributed by atoms with Gasteiger partial charge in [-0.05, 0) is 42.3 Å². The van der Waals surface area contributed by atoms with Gasteiger partial charge in [-0.15, -0.1) is 0 Å². The fourth-order valence-electron chi connectivity index (χ4n) is 1.88. The quantitative estimate of drug-likeness (QED) is 0.916. The summed E-state index contributed by atoms with van der Waals surface area (Å²) in [5.74, 6) is -0.775. The normalized spacial score (nSPS) is 10.2. The van der Waals surface area contributed by atoms with E-state index in [1.807, 2.05) is 6.92 Å². The second kappa shape index (κ2) is 6.26. The number of halogens is 1.